The van der Waals surface area contributed by atoms with Crippen LogP contribution in [0.15, 0.2) is 60.0 Å². The van der Waals surface area contributed by atoms with Crippen molar-refractivity contribution in [1.29, 1.82) is 0 Å². The maximum atomic E-state index is 12.9. The lowest BCUT2D eigenvalue weighted by atomic mass is 10.1. The van der Waals surface area contributed by atoms with E-state index in [9.17, 15) is 13.5 Å². The Morgan fingerprint density at radius 1 is 1.09 bits per heavy atom. The van der Waals surface area contributed by atoms with Gasteiger partial charge in [0.15, 0.2) is 16.7 Å². The first-order valence-corrected chi connectivity index (χ1v) is 11.2. The molecule has 166 valence electrons. The Hall–Kier alpha value is -3.70. The lowest BCUT2D eigenvalue weighted by Crippen LogP contribution is -2.16. The van der Waals surface area contributed by atoms with Gasteiger partial charge in [0.25, 0.3) is 10.0 Å². The zero-order chi connectivity index (χ0) is 22.7. The van der Waals surface area contributed by atoms with E-state index < -0.39 is 10.0 Å². The molecule has 0 saturated heterocycles. The highest BCUT2D eigenvalue weighted by Gasteiger charge is 2.21. The number of fused-ring (bicyclic) bond motifs is 1. The van der Waals surface area contributed by atoms with Gasteiger partial charge in [-0.25, -0.2) is 15.0 Å². The lowest BCUT2D eigenvalue weighted by Gasteiger charge is -2.16. The number of aromatic hydroxyl groups is 1. The highest BCUT2D eigenvalue weighted by Crippen LogP contribution is 2.30. The minimum Gasteiger partial charge on any atom is -0.508 e. The topological polar surface area (TPSA) is 131 Å². The number of hydrogen-bond donors (Lipinski definition) is 3. The van der Waals surface area contributed by atoms with E-state index in [2.05, 4.69) is 25.0 Å². The Morgan fingerprint density at radius 2 is 1.81 bits per heavy atom. The quantitative estimate of drug-likeness (QED) is 0.370. The molecule has 0 radical (unpaired) electrons. The first-order valence-electron chi connectivity index (χ1n) is 9.71. The minimum atomic E-state index is -4.00. The Labute approximate surface area is 185 Å². The van der Waals surface area contributed by atoms with Crippen molar-refractivity contribution >= 4 is 38.4 Å². The summed E-state index contributed by atoms with van der Waals surface area (Å²) < 4.78 is 34.9. The molecule has 0 aliphatic rings. The van der Waals surface area contributed by atoms with Crippen molar-refractivity contribution in [1.82, 2.24) is 19.5 Å². The molecule has 2 heterocycles. The van der Waals surface area contributed by atoms with Gasteiger partial charge in [-0.3, -0.25) is 4.72 Å². The molecule has 0 spiro atoms. The standard InChI is InChI=1S/C21H22N6O4S/c1-27-12-19(22-13-27)32(29,30)26-21-20(23-16-5-3-4-6-17(16)24-21)25-18-11-15(28)8-7-14(18)9-10-31-2/h3-8,11-13,28H,9-10H2,1-2H3,(H,23,25)(H,24,26). The fraction of sp³-hybridized carbons (Fsp3) is 0.190. The van der Waals surface area contributed by atoms with E-state index in [0.717, 1.165) is 5.56 Å². The zero-order valence-corrected chi connectivity index (χ0v) is 18.3. The van der Waals surface area contributed by atoms with Crippen molar-refractivity contribution in [2.24, 2.45) is 7.05 Å². The monoisotopic (exact) mass is 454 g/mol. The predicted molar refractivity (Wildman–Crippen MR) is 121 cm³/mol. The van der Waals surface area contributed by atoms with Gasteiger partial charge in [0.2, 0.25) is 0 Å². The van der Waals surface area contributed by atoms with E-state index in [1.54, 1.807) is 50.6 Å². The molecule has 0 aliphatic heterocycles. The molecule has 4 rings (SSSR count). The van der Waals surface area contributed by atoms with E-state index in [0.29, 0.717) is 29.7 Å². The number of imidazole rings is 1. The Morgan fingerprint density at radius 3 is 2.47 bits per heavy atom. The summed E-state index contributed by atoms with van der Waals surface area (Å²) in [4.78, 5) is 12.9. The fourth-order valence-corrected chi connectivity index (χ4v) is 4.10. The van der Waals surface area contributed by atoms with Crippen molar-refractivity contribution in [2.75, 3.05) is 23.8 Å². The molecule has 10 nitrogen and oxygen atoms in total. The average molecular weight is 455 g/mol. The van der Waals surface area contributed by atoms with Gasteiger partial charge in [0.05, 0.1) is 24.0 Å². The van der Waals surface area contributed by atoms with Crippen LogP contribution in [0.2, 0.25) is 0 Å². The van der Waals surface area contributed by atoms with Gasteiger partial charge in [-0.15, -0.1) is 0 Å². The Balaban J connectivity index is 1.78. The number of hydrogen-bond acceptors (Lipinski definition) is 8. The second kappa shape index (κ2) is 8.81. The molecule has 0 unspecified atom stereocenters. The van der Waals surface area contributed by atoms with Gasteiger partial charge in [-0.2, -0.15) is 8.42 Å². The van der Waals surface area contributed by atoms with E-state index >= 15 is 0 Å². The maximum absolute atomic E-state index is 12.9. The molecular formula is C21H22N6O4S. The molecule has 0 fully saturated rings. The van der Waals surface area contributed by atoms with Crippen LogP contribution in [-0.4, -0.2) is 46.8 Å². The number of phenolic OH excluding ortho intramolecular Hbond substituents is 1. The molecule has 0 aliphatic carbocycles. The molecule has 0 saturated carbocycles. The molecule has 3 N–H and O–H groups in total. The van der Waals surface area contributed by atoms with E-state index in [1.165, 1.54) is 17.1 Å². The third-order valence-corrected chi connectivity index (χ3v) is 5.90. The number of methoxy groups -OCH3 is 1. The van der Waals surface area contributed by atoms with Crippen LogP contribution in [0.4, 0.5) is 17.3 Å². The molecule has 2 aromatic carbocycles. The number of aryl methyl sites for hydroxylation is 1. The van der Waals surface area contributed by atoms with Gasteiger partial charge in [0.1, 0.15) is 5.75 Å². The number of aromatic nitrogens is 4. The zero-order valence-electron chi connectivity index (χ0n) is 17.5. The highest BCUT2D eigenvalue weighted by molar-refractivity contribution is 7.92. The first kappa shape index (κ1) is 21.5. The molecular weight excluding hydrogens is 432 g/mol. The van der Waals surface area contributed by atoms with Crippen LogP contribution >= 0.6 is 0 Å². The van der Waals surface area contributed by atoms with Crippen molar-refractivity contribution in [3.63, 3.8) is 0 Å². The van der Waals surface area contributed by atoms with Crippen molar-refractivity contribution in [2.45, 2.75) is 11.4 Å². The fourth-order valence-electron chi connectivity index (χ4n) is 3.10. The number of anilines is 3. The van der Waals surface area contributed by atoms with Crippen LogP contribution in [0.3, 0.4) is 0 Å². The summed E-state index contributed by atoms with van der Waals surface area (Å²) >= 11 is 0. The molecule has 2 aromatic heterocycles. The normalized spacial score (nSPS) is 11.6. The van der Waals surface area contributed by atoms with Crippen LogP contribution in [-0.2, 0) is 28.2 Å². The van der Waals surface area contributed by atoms with Crippen LogP contribution in [0.1, 0.15) is 5.56 Å². The van der Waals surface area contributed by atoms with Gasteiger partial charge in [-0.1, -0.05) is 18.2 Å². The lowest BCUT2D eigenvalue weighted by molar-refractivity contribution is 0.202. The van der Waals surface area contributed by atoms with E-state index in [1.807, 2.05) is 6.07 Å². The van der Waals surface area contributed by atoms with Crippen molar-refractivity contribution < 1.29 is 18.3 Å². The van der Waals surface area contributed by atoms with Crippen LogP contribution in [0.25, 0.3) is 11.0 Å². The Kier molecular flexibility index (Phi) is 5.93. The van der Waals surface area contributed by atoms with Gasteiger partial charge in [-0.05, 0) is 30.2 Å². The number of nitrogens with zero attached hydrogens (tertiary/aromatic N) is 4. The number of phenols is 1. The first-order chi connectivity index (χ1) is 15.4. The summed E-state index contributed by atoms with van der Waals surface area (Å²) in [6.45, 7) is 0.474. The number of benzene rings is 2. The van der Waals surface area contributed by atoms with Crippen LogP contribution < -0.4 is 10.0 Å². The van der Waals surface area contributed by atoms with E-state index in [-0.39, 0.29) is 22.4 Å². The largest absolute Gasteiger partial charge is 0.508 e. The van der Waals surface area contributed by atoms with Gasteiger partial charge >= 0.3 is 0 Å². The van der Waals surface area contributed by atoms with Gasteiger partial charge < -0.3 is 19.7 Å². The third-order valence-electron chi connectivity index (χ3n) is 4.68. The summed E-state index contributed by atoms with van der Waals surface area (Å²) in [5.74, 6) is 0.251. The molecule has 32 heavy (non-hydrogen) atoms. The second-order valence-electron chi connectivity index (χ2n) is 7.10. The number of rotatable bonds is 8. The van der Waals surface area contributed by atoms with Crippen LogP contribution in [0, 0.1) is 0 Å². The summed E-state index contributed by atoms with van der Waals surface area (Å²) in [5.41, 5.74) is 2.52. The summed E-state index contributed by atoms with van der Waals surface area (Å²) in [5, 5.41) is 13.0. The van der Waals surface area contributed by atoms with Crippen LogP contribution in [0.5, 0.6) is 5.75 Å². The number of nitrogens with one attached hydrogen (secondary N) is 2. The Bertz CT molecular complexity index is 1370. The van der Waals surface area contributed by atoms with Gasteiger partial charge in [0, 0.05) is 32.1 Å². The number of sulfonamides is 1. The van der Waals surface area contributed by atoms with Crippen molar-refractivity contribution in [3.05, 3.63) is 60.6 Å². The average Bonchev–Trinajstić information content (AvgIpc) is 3.21. The highest BCUT2D eigenvalue weighted by atomic mass is 32.2. The van der Waals surface area contributed by atoms with Crippen molar-refractivity contribution in [3.8, 4) is 5.75 Å². The molecule has 0 bridgehead atoms. The summed E-state index contributed by atoms with van der Waals surface area (Å²) in [7, 11) is -0.719. The number of para-hydroxylation sites is 2. The maximum Gasteiger partial charge on any atom is 0.282 e. The number of ether oxygens (including phenoxy) is 1. The SMILES string of the molecule is COCCc1ccc(O)cc1Nc1nc2ccccc2nc1NS(=O)(=O)c1cn(C)cn1. The summed E-state index contributed by atoms with van der Waals surface area (Å²) in [6, 6.07) is 12.0. The second-order valence-corrected chi connectivity index (χ2v) is 8.73. The molecule has 0 atom stereocenters. The predicted octanol–water partition coefficient (Wildman–Crippen LogP) is 2.80. The minimum absolute atomic E-state index is 0.00962. The smallest absolute Gasteiger partial charge is 0.282 e. The molecule has 11 heteroatoms. The van der Waals surface area contributed by atoms with E-state index in [4.69, 9.17) is 4.74 Å². The third kappa shape index (κ3) is 4.63. The molecule has 4 aromatic rings. The summed E-state index contributed by atoms with van der Waals surface area (Å²) in [6.07, 6.45) is 3.37. The molecule has 0 amide bonds.